The molecule has 4 aliphatic rings. The lowest BCUT2D eigenvalue weighted by Crippen LogP contribution is -2.61. The zero-order chi connectivity index (χ0) is 50.3. The SMILES string of the molecule is CN1CC[C@H]2CC[C@@H](C(=O)N[C@@H](CCC(N)=O)C(=O)NCCCCCCC#Cc3cccc4c3CN(C3CCC(=O)NC3=O)C4=O)N2C(=O)[C@@H](NC(=O)c2cc3cc(C(F)(F)OP(O)O)ccc3[nH]2)C1. The number of nitrogens with zero attached hydrogens (tertiary/aromatic N) is 3. The van der Waals surface area contributed by atoms with Crippen LogP contribution in [0.5, 0.6) is 0 Å². The van der Waals surface area contributed by atoms with E-state index in [2.05, 4.69) is 42.6 Å². The van der Waals surface area contributed by atoms with Crippen LogP contribution in [0.2, 0.25) is 0 Å². The van der Waals surface area contributed by atoms with Crippen LogP contribution in [-0.2, 0) is 45.9 Å². The van der Waals surface area contributed by atoms with E-state index >= 15 is 0 Å². The van der Waals surface area contributed by atoms with Gasteiger partial charge < -0.3 is 51.2 Å². The first kappa shape index (κ1) is 51.5. The molecule has 0 bridgehead atoms. The molecule has 20 nitrogen and oxygen atoms in total. The summed E-state index contributed by atoms with van der Waals surface area (Å²) < 4.78 is 32.8. The molecule has 4 aliphatic heterocycles. The summed E-state index contributed by atoms with van der Waals surface area (Å²) in [6, 6.07) is 5.60. The lowest BCUT2D eigenvalue weighted by atomic mass is 10.0. The Morgan fingerprint density at radius 2 is 1.80 bits per heavy atom. The Bertz CT molecular complexity index is 2600. The van der Waals surface area contributed by atoms with E-state index in [1.165, 1.54) is 21.9 Å². The monoisotopic (exact) mass is 991 g/mol. The zero-order valence-electron chi connectivity index (χ0n) is 38.4. The second kappa shape index (κ2) is 22.6. The van der Waals surface area contributed by atoms with E-state index in [1.807, 2.05) is 11.0 Å². The number of benzene rings is 2. The number of alkyl halides is 2. The van der Waals surface area contributed by atoms with Crippen molar-refractivity contribution < 1.29 is 61.4 Å². The van der Waals surface area contributed by atoms with Gasteiger partial charge in [0.15, 0.2) is 0 Å². The van der Waals surface area contributed by atoms with Gasteiger partial charge >= 0.3 is 14.7 Å². The highest BCUT2D eigenvalue weighted by atomic mass is 31.2. The zero-order valence-corrected chi connectivity index (χ0v) is 39.3. The van der Waals surface area contributed by atoms with Crippen molar-refractivity contribution in [3.05, 3.63) is 70.4 Å². The summed E-state index contributed by atoms with van der Waals surface area (Å²) in [6.07, 6.45) is 1.01. The van der Waals surface area contributed by atoms with Gasteiger partial charge in [0.2, 0.25) is 35.4 Å². The van der Waals surface area contributed by atoms with Gasteiger partial charge in [-0.05, 0) is 100 Å². The third kappa shape index (κ3) is 12.3. The fraction of sp³-hybridized carbons (Fsp3) is 0.489. The number of fused-ring (bicyclic) bond motifs is 3. The van der Waals surface area contributed by atoms with Gasteiger partial charge in [0.05, 0.1) is 5.56 Å². The molecule has 7 rings (SSSR count). The molecule has 1 aromatic heterocycles. The highest BCUT2D eigenvalue weighted by molar-refractivity contribution is 7.39. The van der Waals surface area contributed by atoms with E-state index < -0.39 is 79.9 Å². The van der Waals surface area contributed by atoms with E-state index in [9.17, 15) is 47.1 Å². The molecule has 3 saturated heterocycles. The molecule has 9 N–H and O–H groups in total. The molecule has 374 valence electrons. The second-order valence-corrected chi connectivity index (χ2v) is 18.7. The minimum atomic E-state index is -4.02. The van der Waals surface area contributed by atoms with Crippen LogP contribution in [0.25, 0.3) is 10.9 Å². The number of nitrogens with two attached hydrogens (primary N) is 1. The fourth-order valence-electron chi connectivity index (χ4n) is 9.43. The molecule has 5 atom stereocenters. The summed E-state index contributed by atoms with van der Waals surface area (Å²) in [5, 5.41) is 10.8. The Morgan fingerprint density at radius 1 is 1.01 bits per heavy atom. The Hall–Kier alpha value is -6.37. The number of primary amides is 1. The van der Waals surface area contributed by atoms with E-state index in [0.717, 1.165) is 37.0 Å². The van der Waals surface area contributed by atoms with Crippen molar-refractivity contribution in [1.29, 1.82) is 0 Å². The molecule has 2 aromatic carbocycles. The van der Waals surface area contributed by atoms with Crippen LogP contribution in [-0.4, -0.2) is 134 Å². The number of piperidine rings is 1. The molecule has 0 spiro atoms. The molecule has 3 fully saturated rings. The number of nitrogens with one attached hydrogen (secondary N) is 5. The van der Waals surface area contributed by atoms with Gasteiger partial charge in [-0.25, -0.2) is 4.52 Å². The number of rotatable bonds is 18. The smallest absolute Gasteiger partial charge is 0.370 e. The van der Waals surface area contributed by atoms with E-state index in [-0.39, 0.29) is 74.1 Å². The lowest BCUT2D eigenvalue weighted by Gasteiger charge is -2.37. The first-order chi connectivity index (χ1) is 33.4. The summed E-state index contributed by atoms with van der Waals surface area (Å²) in [7, 11) is -1.57. The average Bonchev–Trinajstić information content (AvgIpc) is 4.03. The number of imide groups is 1. The van der Waals surface area contributed by atoms with Crippen LogP contribution in [0.1, 0.15) is 115 Å². The number of H-pyrrole nitrogens is 1. The third-order valence-electron chi connectivity index (χ3n) is 13.0. The summed E-state index contributed by atoms with van der Waals surface area (Å²) in [6.45, 7) is 1.15. The van der Waals surface area contributed by atoms with Gasteiger partial charge in [-0.3, -0.25) is 43.7 Å². The van der Waals surface area contributed by atoms with Crippen molar-refractivity contribution in [2.75, 3.05) is 26.7 Å². The van der Waals surface area contributed by atoms with Crippen LogP contribution in [0.3, 0.4) is 0 Å². The van der Waals surface area contributed by atoms with Crippen molar-refractivity contribution in [3.63, 3.8) is 0 Å². The Kier molecular flexibility index (Phi) is 16.6. The number of hydrogen-bond donors (Lipinski definition) is 8. The maximum absolute atomic E-state index is 14.4. The first-order valence-corrected chi connectivity index (χ1v) is 24.4. The summed E-state index contributed by atoms with van der Waals surface area (Å²) in [5.41, 5.74) is 6.96. The summed E-state index contributed by atoms with van der Waals surface area (Å²) in [4.78, 5) is 130. The van der Waals surface area contributed by atoms with Gasteiger partial charge in [0.1, 0.15) is 29.9 Å². The molecule has 3 aromatic rings. The minimum absolute atomic E-state index is 0.0452. The molecule has 0 saturated carbocycles. The average molecular weight is 992 g/mol. The van der Waals surface area contributed by atoms with Crippen molar-refractivity contribution in [2.24, 2.45) is 5.73 Å². The number of aromatic nitrogens is 1. The predicted molar refractivity (Wildman–Crippen MR) is 247 cm³/mol. The third-order valence-corrected chi connectivity index (χ3v) is 13.4. The van der Waals surface area contributed by atoms with Gasteiger partial charge in [-0.2, -0.15) is 8.78 Å². The Labute approximate surface area is 402 Å². The van der Waals surface area contributed by atoms with E-state index in [0.29, 0.717) is 55.4 Å². The molecule has 70 heavy (non-hydrogen) atoms. The van der Waals surface area contributed by atoms with Crippen LogP contribution < -0.4 is 27.0 Å². The molecule has 8 amide bonds. The summed E-state index contributed by atoms with van der Waals surface area (Å²) in [5.74, 6) is 2.23. The highest BCUT2D eigenvalue weighted by Gasteiger charge is 2.46. The number of amides is 8. The maximum Gasteiger partial charge on any atom is 0.389 e. The topological polar surface area (TPSA) is 286 Å². The molecular weight excluding hydrogens is 936 g/mol. The lowest BCUT2D eigenvalue weighted by molar-refractivity contribution is -0.189. The van der Waals surface area contributed by atoms with Crippen LogP contribution in [0, 0.1) is 11.8 Å². The van der Waals surface area contributed by atoms with Gasteiger partial charge in [-0.1, -0.05) is 30.7 Å². The molecule has 1 unspecified atom stereocenters. The normalized spacial score (nSPS) is 21.1. The van der Waals surface area contributed by atoms with Crippen LogP contribution in [0.15, 0.2) is 42.5 Å². The molecule has 0 aliphatic carbocycles. The van der Waals surface area contributed by atoms with Crippen molar-refractivity contribution in [1.82, 2.24) is 41.0 Å². The predicted octanol–water partition coefficient (Wildman–Crippen LogP) is 1.87. The molecule has 0 radical (unpaired) electrons. The fourth-order valence-corrected chi connectivity index (χ4v) is 9.74. The van der Waals surface area contributed by atoms with Gasteiger partial charge in [0, 0.05) is 67.0 Å². The number of carbonyl (C=O) groups is 8. The van der Waals surface area contributed by atoms with E-state index in [1.54, 1.807) is 19.2 Å². The molecule has 5 heterocycles. The number of likely N-dealkylation sites (N-methyl/N-ethyl adjacent to an activating group) is 1. The highest BCUT2D eigenvalue weighted by Crippen LogP contribution is 2.42. The minimum Gasteiger partial charge on any atom is -0.370 e. The van der Waals surface area contributed by atoms with Crippen LogP contribution >= 0.6 is 8.60 Å². The Morgan fingerprint density at radius 3 is 2.56 bits per heavy atom. The first-order valence-electron chi connectivity index (χ1n) is 23.2. The molecule has 23 heteroatoms. The maximum atomic E-state index is 14.4. The number of halogens is 2. The largest absolute Gasteiger partial charge is 0.389 e. The van der Waals surface area contributed by atoms with Gasteiger partial charge in [0.25, 0.3) is 11.8 Å². The van der Waals surface area contributed by atoms with E-state index in [4.69, 9.17) is 15.5 Å². The number of aromatic amines is 1. The standard InChI is InChI=1S/C47H56F2N9O11P/c1-56-22-20-30-13-16-38(58(30)46(66)36(26-56)54-42(62)35-24-28-23-29(12-14-33(28)52-35)47(48,49)69-70(67)68)44(64)53-34(15-18-39(50)59)41(61)51-21-7-5-3-2-4-6-9-27-10-8-11-31-32(27)25-57(45(31)65)37-17-19-40(60)55-43(37)63/h8,10-12,14,23-24,30,34,36-38,52,67-68H,2-5,7,13,15-22,25-26H2,1H3,(H2,50,59)(H,51,61)(H,53,64)(H,54,62)(H,55,60,63)/t30-,34+,36+,37?,38+/m1/s1. The van der Waals surface area contributed by atoms with Crippen LogP contribution in [0.4, 0.5) is 8.78 Å². The van der Waals surface area contributed by atoms with Crippen molar-refractivity contribution >= 4 is 66.8 Å². The number of carbonyl (C=O) groups excluding carboxylic acids is 8. The number of unbranched alkanes of at least 4 members (excludes halogenated alkanes) is 4. The second-order valence-electron chi connectivity index (χ2n) is 18.0. The van der Waals surface area contributed by atoms with Gasteiger partial charge in [-0.15, -0.1) is 0 Å². The van der Waals surface area contributed by atoms with Crippen molar-refractivity contribution in [3.8, 4) is 11.8 Å². The molecular formula is C47H56F2N9O11P. The number of hydrogen-bond acceptors (Lipinski definition) is 12. The summed E-state index contributed by atoms with van der Waals surface area (Å²) >= 11 is 0. The quantitative estimate of drug-likeness (QED) is 0.0393. The Balaban J connectivity index is 0.897. The van der Waals surface area contributed by atoms with Crippen molar-refractivity contribution in [2.45, 2.75) is 120 Å².